The molecule has 0 bridgehead atoms. The van der Waals surface area contributed by atoms with Crippen molar-refractivity contribution in [2.75, 3.05) is 64.0 Å². The van der Waals surface area contributed by atoms with E-state index in [9.17, 15) is 9.59 Å². The Kier molecular flexibility index (Phi) is 11.2. The van der Waals surface area contributed by atoms with E-state index in [1.165, 1.54) is 10.6 Å². The summed E-state index contributed by atoms with van der Waals surface area (Å²) in [6.45, 7) is 9.11. The first kappa shape index (κ1) is 32.6. The van der Waals surface area contributed by atoms with Crippen molar-refractivity contribution in [1.82, 2.24) is 19.4 Å². The van der Waals surface area contributed by atoms with Crippen LogP contribution in [0.2, 0.25) is 0 Å². The van der Waals surface area contributed by atoms with E-state index in [2.05, 4.69) is 32.1 Å². The number of aryl methyl sites for hydroxylation is 1. The summed E-state index contributed by atoms with van der Waals surface area (Å²) in [6, 6.07) is 12.7. The normalized spacial score (nSPS) is 10.5. The molecule has 4 aromatic rings. The summed E-state index contributed by atoms with van der Waals surface area (Å²) >= 11 is 0. The van der Waals surface area contributed by atoms with Crippen LogP contribution < -0.4 is 30.6 Å². The summed E-state index contributed by atoms with van der Waals surface area (Å²) in [4.78, 5) is 38.7. The molecule has 2 aromatic carbocycles. The smallest absolute Gasteiger partial charge is 0.259 e. The number of fused-ring (bicyclic) bond motifs is 1. The number of methoxy groups -OCH3 is 2. The van der Waals surface area contributed by atoms with Crippen LogP contribution in [0, 0.1) is 0 Å². The lowest BCUT2D eigenvalue weighted by Gasteiger charge is -2.26. The number of anilines is 4. The lowest BCUT2D eigenvalue weighted by atomic mass is 10.1. The van der Waals surface area contributed by atoms with Gasteiger partial charge in [0.05, 0.1) is 31.3 Å². The third-order valence-electron chi connectivity index (χ3n) is 6.65. The molecule has 0 fully saturated rings. The van der Waals surface area contributed by atoms with Gasteiger partial charge in [0.25, 0.3) is 5.56 Å². The Hall–Kier alpha value is -4.90. The van der Waals surface area contributed by atoms with Crippen molar-refractivity contribution in [2.24, 2.45) is 7.05 Å². The van der Waals surface area contributed by atoms with E-state index >= 15 is 0 Å². The molecule has 2 aromatic heterocycles. The van der Waals surface area contributed by atoms with Gasteiger partial charge in [-0.25, -0.2) is 4.98 Å². The number of benzene rings is 2. The van der Waals surface area contributed by atoms with Crippen molar-refractivity contribution in [1.29, 1.82) is 0 Å². The van der Waals surface area contributed by atoms with Gasteiger partial charge < -0.3 is 29.9 Å². The minimum absolute atomic E-state index is 0.190. The Morgan fingerprint density at radius 3 is 2.33 bits per heavy atom. The number of hydrogen-bond donors (Lipinski definition) is 2. The second-order valence-electron chi connectivity index (χ2n) is 9.74. The molecule has 0 saturated heterocycles. The zero-order chi connectivity index (χ0) is 31.7. The van der Waals surface area contributed by atoms with Gasteiger partial charge in [-0.05, 0) is 50.0 Å². The van der Waals surface area contributed by atoms with Gasteiger partial charge in [0.1, 0.15) is 17.1 Å². The number of hydrogen-bond acceptors (Lipinski definition) is 9. The van der Waals surface area contributed by atoms with Crippen molar-refractivity contribution >= 4 is 40.0 Å². The fourth-order valence-electron chi connectivity index (χ4n) is 4.31. The van der Waals surface area contributed by atoms with Crippen molar-refractivity contribution in [3.05, 3.63) is 71.7 Å². The quantitative estimate of drug-likeness (QED) is 0.236. The molecule has 11 heteroatoms. The van der Waals surface area contributed by atoms with E-state index in [0.29, 0.717) is 39.5 Å². The van der Waals surface area contributed by atoms with Gasteiger partial charge in [0.15, 0.2) is 0 Å². The molecule has 2 N–H and O–H groups in total. The fraction of sp³-hybridized carbons (Fsp3) is 0.312. The Balaban J connectivity index is 0.00000248. The van der Waals surface area contributed by atoms with Gasteiger partial charge >= 0.3 is 0 Å². The number of carbonyl (C=O) groups is 1. The molecule has 0 aliphatic carbocycles. The molecule has 0 radical (unpaired) electrons. The van der Waals surface area contributed by atoms with Crippen molar-refractivity contribution in [3.63, 3.8) is 0 Å². The van der Waals surface area contributed by atoms with Gasteiger partial charge in [0, 0.05) is 50.4 Å². The van der Waals surface area contributed by atoms with E-state index in [0.717, 1.165) is 24.3 Å². The number of pyridine rings is 1. The number of rotatable bonds is 11. The minimum Gasteiger partial charge on any atom is -0.497 e. The van der Waals surface area contributed by atoms with Gasteiger partial charge in [-0.15, -0.1) is 0 Å². The molecule has 0 saturated carbocycles. The first-order valence-electron chi connectivity index (χ1n) is 13.9. The van der Waals surface area contributed by atoms with E-state index in [1.807, 2.05) is 70.2 Å². The first-order chi connectivity index (χ1) is 20.6. The molecule has 4 rings (SSSR count). The Bertz CT molecular complexity index is 1630. The monoisotopic (exact) mass is 587 g/mol. The van der Waals surface area contributed by atoms with Gasteiger partial charge in [0.2, 0.25) is 11.9 Å². The number of likely N-dealkylation sites (N-methyl/N-ethyl adjacent to an activating group) is 2. The molecule has 11 nitrogen and oxygen atoms in total. The molecular weight excluding hydrogens is 546 g/mol. The molecule has 1 amide bonds. The lowest BCUT2D eigenvalue weighted by Crippen LogP contribution is -2.29. The average Bonchev–Trinajstić information content (AvgIpc) is 3.02. The number of nitrogens with zero attached hydrogens (tertiary/aromatic N) is 5. The SMILES string of the molecule is C=CC(=O)Nc1cc(Nc2ncc3cc(-c4ccc(OC)cc4)c(=O)n(C)c3n2)c(OC)cc1N(C)CCN(C)C.CC. The van der Waals surface area contributed by atoms with E-state index in [-0.39, 0.29) is 17.4 Å². The van der Waals surface area contributed by atoms with E-state index in [1.54, 1.807) is 39.6 Å². The standard InChI is InChI=1S/C30H35N7O4.C2H6/c1-8-27(38)32-23-16-24(26(41-7)17-25(23)36(4)14-13-35(2)3)33-30-31-18-20-15-22(29(39)37(5)28(20)34-30)19-9-11-21(40-6)12-10-19;1-2/h8-12,15-18H,1,13-14H2,2-7H3,(H,32,38)(H,31,33,34);1-2H3. The highest BCUT2D eigenvalue weighted by molar-refractivity contribution is 6.02. The maximum absolute atomic E-state index is 13.3. The van der Waals surface area contributed by atoms with Crippen LogP contribution in [0.1, 0.15) is 13.8 Å². The van der Waals surface area contributed by atoms with Crippen molar-refractivity contribution in [2.45, 2.75) is 13.8 Å². The van der Waals surface area contributed by atoms with Crippen molar-refractivity contribution in [3.8, 4) is 22.6 Å². The van der Waals surface area contributed by atoms with Gasteiger partial charge in [-0.1, -0.05) is 32.6 Å². The molecule has 0 unspecified atom stereocenters. The maximum atomic E-state index is 13.3. The lowest BCUT2D eigenvalue weighted by molar-refractivity contribution is -0.111. The summed E-state index contributed by atoms with van der Waals surface area (Å²) in [6.07, 6.45) is 2.88. The number of ether oxygens (including phenoxy) is 2. The van der Waals surface area contributed by atoms with Gasteiger partial charge in [-0.3, -0.25) is 14.2 Å². The summed E-state index contributed by atoms with van der Waals surface area (Å²) in [5.74, 6) is 1.16. The zero-order valence-corrected chi connectivity index (χ0v) is 26.2. The molecule has 43 heavy (non-hydrogen) atoms. The predicted molar refractivity (Wildman–Crippen MR) is 175 cm³/mol. The molecular formula is C32H41N7O4. The first-order valence-corrected chi connectivity index (χ1v) is 13.9. The highest BCUT2D eigenvalue weighted by atomic mass is 16.5. The van der Waals surface area contributed by atoms with Crippen LogP contribution in [0.3, 0.4) is 0 Å². The summed E-state index contributed by atoms with van der Waals surface area (Å²) < 4.78 is 12.4. The maximum Gasteiger partial charge on any atom is 0.259 e. The highest BCUT2D eigenvalue weighted by Crippen LogP contribution is 2.38. The average molecular weight is 588 g/mol. The number of carbonyl (C=O) groups excluding carboxylic acids is 1. The molecule has 228 valence electrons. The topological polar surface area (TPSA) is 114 Å². The van der Waals surface area contributed by atoms with Crippen LogP contribution in [0.25, 0.3) is 22.2 Å². The Morgan fingerprint density at radius 2 is 1.72 bits per heavy atom. The highest BCUT2D eigenvalue weighted by Gasteiger charge is 2.17. The van der Waals surface area contributed by atoms with Crippen LogP contribution in [-0.2, 0) is 11.8 Å². The third kappa shape index (κ3) is 7.69. The Morgan fingerprint density at radius 1 is 1.02 bits per heavy atom. The molecule has 0 atom stereocenters. The van der Waals surface area contributed by atoms with E-state index < -0.39 is 0 Å². The van der Waals surface area contributed by atoms with E-state index in [4.69, 9.17) is 9.47 Å². The van der Waals surface area contributed by atoms with Crippen LogP contribution in [0.15, 0.2) is 66.1 Å². The predicted octanol–water partition coefficient (Wildman–Crippen LogP) is 4.90. The van der Waals surface area contributed by atoms with Crippen LogP contribution in [0.4, 0.5) is 23.0 Å². The van der Waals surface area contributed by atoms with Crippen LogP contribution in [-0.4, -0.2) is 73.8 Å². The number of amides is 1. The Labute approximate surface area is 252 Å². The van der Waals surface area contributed by atoms with Gasteiger partial charge in [-0.2, -0.15) is 4.98 Å². The fourth-order valence-corrected chi connectivity index (χ4v) is 4.31. The number of nitrogens with one attached hydrogen (secondary N) is 2. The van der Waals surface area contributed by atoms with Crippen molar-refractivity contribution < 1.29 is 14.3 Å². The summed E-state index contributed by atoms with van der Waals surface area (Å²) in [5, 5.41) is 6.77. The second kappa shape index (κ2) is 14.8. The molecule has 2 heterocycles. The van der Waals surface area contributed by atoms with Crippen LogP contribution in [0.5, 0.6) is 11.5 Å². The third-order valence-corrected chi connectivity index (χ3v) is 6.65. The second-order valence-corrected chi connectivity index (χ2v) is 9.74. The molecule has 0 aliphatic heterocycles. The van der Waals surface area contributed by atoms with Crippen LogP contribution >= 0.6 is 0 Å². The number of aromatic nitrogens is 3. The zero-order valence-electron chi connectivity index (χ0n) is 26.2. The summed E-state index contributed by atoms with van der Waals surface area (Å²) in [7, 11) is 10.8. The summed E-state index contributed by atoms with van der Waals surface area (Å²) in [5.41, 5.74) is 3.45. The largest absolute Gasteiger partial charge is 0.497 e. The minimum atomic E-state index is -0.340. The molecule has 0 spiro atoms. The molecule has 0 aliphatic rings.